The highest BCUT2D eigenvalue weighted by atomic mass is 19.1. The van der Waals surface area contributed by atoms with Crippen molar-refractivity contribution in [2.45, 2.75) is 19.3 Å². The molecule has 2 N–H and O–H groups in total. The lowest BCUT2D eigenvalue weighted by Crippen LogP contribution is -2.37. The average molecular weight is 306 g/mol. The van der Waals surface area contributed by atoms with Gasteiger partial charge < -0.3 is 10.4 Å². The zero-order chi connectivity index (χ0) is 15.7. The molecule has 2 aliphatic rings. The van der Waals surface area contributed by atoms with Crippen LogP contribution in [0.3, 0.4) is 0 Å². The van der Waals surface area contributed by atoms with Gasteiger partial charge in [-0.3, -0.25) is 14.5 Å². The molecule has 2 fully saturated rings. The molecule has 1 aromatic carbocycles. The molecule has 1 aliphatic heterocycles. The van der Waals surface area contributed by atoms with Crippen LogP contribution in [0.25, 0.3) is 0 Å². The van der Waals surface area contributed by atoms with Gasteiger partial charge >= 0.3 is 5.97 Å². The van der Waals surface area contributed by atoms with Crippen LogP contribution in [0.1, 0.15) is 19.3 Å². The molecule has 22 heavy (non-hydrogen) atoms. The monoisotopic (exact) mass is 306 g/mol. The van der Waals surface area contributed by atoms with Crippen LogP contribution in [0, 0.1) is 17.2 Å². The first kappa shape index (κ1) is 15.0. The number of amides is 1. The van der Waals surface area contributed by atoms with Gasteiger partial charge in [0.15, 0.2) is 0 Å². The molecule has 118 valence electrons. The van der Waals surface area contributed by atoms with Gasteiger partial charge in [0, 0.05) is 13.1 Å². The molecule has 0 spiro atoms. The highest BCUT2D eigenvalue weighted by Gasteiger charge is 2.54. The average Bonchev–Trinajstić information content (AvgIpc) is 2.99. The van der Waals surface area contributed by atoms with Crippen molar-refractivity contribution in [2.24, 2.45) is 11.3 Å². The summed E-state index contributed by atoms with van der Waals surface area (Å²) < 4.78 is 13.5. The second-order valence-corrected chi connectivity index (χ2v) is 6.25. The molecule has 3 rings (SSSR count). The molecule has 2 atom stereocenters. The normalized spacial score (nSPS) is 27.6. The molecular weight excluding hydrogens is 287 g/mol. The van der Waals surface area contributed by atoms with E-state index in [2.05, 4.69) is 5.32 Å². The number of rotatable bonds is 4. The van der Waals surface area contributed by atoms with E-state index in [-0.39, 0.29) is 24.1 Å². The summed E-state index contributed by atoms with van der Waals surface area (Å²) in [5, 5.41) is 12.1. The van der Waals surface area contributed by atoms with Gasteiger partial charge in [0.2, 0.25) is 5.91 Å². The van der Waals surface area contributed by atoms with Crippen LogP contribution in [0.5, 0.6) is 0 Å². The second-order valence-electron chi connectivity index (χ2n) is 6.25. The SMILES string of the molecule is O=C(CN1C[C@@H]2CCC[C@@]2(C(=O)O)C1)Nc1ccccc1F. The van der Waals surface area contributed by atoms with E-state index in [9.17, 15) is 19.1 Å². The molecule has 1 amide bonds. The topological polar surface area (TPSA) is 69.6 Å². The lowest BCUT2D eigenvalue weighted by atomic mass is 9.81. The maximum atomic E-state index is 13.5. The fourth-order valence-corrected chi connectivity index (χ4v) is 3.82. The first-order chi connectivity index (χ1) is 10.5. The van der Waals surface area contributed by atoms with Gasteiger partial charge in [0.05, 0.1) is 17.6 Å². The van der Waals surface area contributed by atoms with Crippen molar-refractivity contribution in [2.75, 3.05) is 25.0 Å². The summed E-state index contributed by atoms with van der Waals surface area (Å²) in [5.41, 5.74) is -0.544. The van der Waals surface area contributed by atoms with Crippen LogP contribution in [0.4, 0.5) is 10.1 Å². The van der Waals surface area contributed by atoms with E-state index < -0.39 is 17.2 Å². The van der Waals surface area contributed by atoms with Crippen LogP contribution < -0.4 is 5.32 Å². The Labute approximate surface area is 128 Å². The van der Waals surface area contributed by atoms with Crippen LogP contribution in [-0.2, 0) is 9.59 Å². The van der Waals surface area contributed by atoms with Crippen molar-refractivity contribution >= 4 is 17.6 Å². The van der Waals surface area contributed by atoms with Crippen LogP contribution in [0.15, 0.2) is 24.3 Å². The number of likely N-dealkylation sites (tertiary alicyclic amines) is 1. The quantitative estimate of drug-likeness (QED) is 0.892. The number of halogens is 1. The summed E-state index contributed by atoms with van der Waals surface area (Å²) in [6, 6.07) is 6.00. The summed E-state index contributed by atoms with van der Waals surface area (Å²) in [6.45, 7) is 1.12. The van der Waals surface area contributed by atoms with Crippen molar-refractivity contribution < 1.29 is 19.1 Å². The van der Waals surface area contributed by atoms with Gasteiger partial charge in [0.25, 0.3) is 0 Å². The second kappa shape index (κ2) is 5.68. The number of hydrogen-bond donors (Lipinski definition) is 2. The summed E-state index contributed by atoms with van der Waals surface area (Å²) in [5.74, 6) is -1.43. The van der Waals surface area contributed by atoms with Crippen LogP contribution in [-0.4, -0.2) is 41.5 Å². The number of fused-ring (bicyclic) bond motifs is 1. The Hall–Kier alpha value is -1.95. The van der Waals surface area contributed by atoms with Gasteiger partial charge in [-0.1, -0.05) is 18.6 Å². The molecule has 5 nitrogen and oxygen atoms in total. The van der Waals surface area contributed by atoms with E-state index in [4.69, 9.17) is 0 Å². The zero-order valence-corrected chi connectivity index (χ0v) is 12.2. The lowest BCUT2D eigenvalue weighted by Gasteiger charge is -2.23. The van der Waals surface area contributed by atoms with E-state index in [0.29, 0.717) is 19.5 Å². The third-order valence-corrected chi connectivity index (χ3v) is 4.88. The number of nitrogens with one attached hydrogen (secondary N) is 1. The van der Waals surface area contributed by atoms with Crippen molar-refractivity contribution in [3.63, 3.8) is 0 Å². The molecule has 1 heterocycles. The minimum Gasteiger partial charge on any atom is -0.481 e. The number of carboxylic acid groups (broad SMARTS) is 1. The number of carbonyl (C=O) groups is 2. The highest BCUT2D eigenvalue weighted by molar-refractivity contribution is 5.92. The highest BCUT2D eigenvalue weighted by Crippen LogP contribution is 2.48. The predicted octanol–water partition coefficient (Wildman–Crippen LogP) is 1.95. The molecule has 1 saturated carbocycles. The Morgan fingerprint density at radius 3 is 2.86 bits per heavy atom. The summed E-state index contributed by atoms with van der Waals surface area (Å²) >= 11 is 0. The standard InChI is InChI=1S/C16H19FN2O3/c17-12-5-1-2-6-13(12)18-14(20)9-19-8-11-4-3-7-16(11,10-19)15(21)22/h1-2,5-6,11H,3-4,7-10H2,(H,18,20)(H,21,22)/t11-,16+/m0/s1. The molecule has 0 unspecified atom stereocenters. The maximum absolute atomic E-state index is 13.5. The number of anilines is 1. The molecule has 0 radical (unpaired) electrons. The number of aliphatic carboxylic acids is 1. The fourth-order valence-electron chi connectivity index (χ4n) is 3.82. The first-order valence-corrected chi connectivity index (χ1v) is 7.51. The number of para-hydroxylation sites is 1. The van der Waals surface area contributed by atoms with Gasteiger partial charge in [-0.25, -0.2) is 4.39 Å². The van der Waals surface area contributed by atoms with Crippen LogP contribution >= 0.6 is 0 Å². The van der Waals surface area contributed by atoms with Crippen LogP contribution in [0.2, 0.25) is 0 Å². The summed E-state index contributed by atoms with van der Waals surface area (Å²) in [4.78, 5) is 25.5. The third kappa shape index (κ3) is 2.59. The number of carbonyl (C=O) groups excluding carboxylic acids is 1. The van der Waals surface area contributed by atoms with E-state index in [1.54, 1.807) is 12.1 Å². The smallest absolute Gasteiger partial charge is 0.311 e. The van der Waals surface area contributed by atoms with E-state index in [1.807, 2.05) is 4.90 Å². The van der Waals surface area contributed by atoms with Gasteiger partial charge in [-0.15, -0.1) is 0 Å². The Bertz CT molecular complexity index is 607. The van der Waals surface area contributed by atoms with Crippen molar-refractivity contribution in [3.05, 3.63) is 30.1 Å². The van der Waals surface area contributed by atoms with Crippen molar-refractivity contribution in [1.29, 1.82) is 0 Å². The Morgan fingerprint density at radius 2 is 2.18 bits per heavy atom. The number of nitrogens with zero attached hydrogens (tertiary/aromatic N) is 1. The summed E-state index contributed by atoms with van der Waals surface area (Å²) in [6.07, 6.45) is 2.52. The number of benzene rings is 1. The van der Waals surface area contributed by atoms with Gasteiger partial charge in [-0.05, 0) is 30.9 Å². The van der Waals surface area contributed by atoms with E-state index in [1.165, 1.54) is 12.1 Å². The minimum absolute atomic E-state index is 0.0971. The zero-order valence-electron chi connectivity index (χ0n) is 12.2. The maximum Gasteiger partial charge on any atom is 0.311 e. The molecule has 1 aliphatic carbocycles. The third-order valence-electron chi connectivity index (χ3n) is 4.88. The first-order valence-electron chi connectivity index (χ1n) is 7.51. The molecule has 0 aromatic heterocycles. The predicted molar refractivity (Wildman–Crippen MR) is 78.9 cm³/mol. The number of carboxylic acids is 1. The minimum atomic E-state index is -0.757. The van der Waals surface area contributed by atoms with E-state index >= 15 is 0 Å². The lowest BCUT2D eigenvalue weighted by molar-refractivity contribution is -0.149. The number of hydrogen-bond acceptors (Lipinski definition) is 3. The van der Waals surface area contributed by atoms with E-state index in [0.717, 1.165) is 12.8 Å². The Balaban J connectivity index is 1.62. The molecular formula is C16H19FN2O3. The molecule has 1 aromatic rings. The van der Waals surface area contributed by atoms with Gasteiger partial charge in [-0.2, -0.15) is 0 Å². The summed E-state index contributed by atoms with van der Waals surface area (Å²) in [7, 11) is 0. The largest absolute Gasteiger partial charge is 0.481 e. The fraction of sp³-hybridized carbons (Fsp3) is 0.500. The van der Waals surface area contributed by atoms with Crippen molar-refractivity contribution in [3.8, 4) is 0 Å². The Kier molecular flexibility index (Phi) is 3.87. The molecule has 0 bridgehead atoms. The Morgan fingerprint density at radius 1 is 1.41 bits per heavy atom. The van der Waals surface area contributed by atoms with Crippen molar-refractivity contribution in [1.82, 2.24) is 4.90 Å². The molecule has 1 saturated heterocycles. The molecule has 6 heteroatoms. The van der Waals surface area contributed by atoms with Gasteiger partial charge in [0.1, 0.15) is 5.82 Å².